The number of pyridine rings is 1. The molecule has 0 amide bonds. The molecule has 0 N–H and O–H groups in total. The fourth-order valence-corrected chi connectivity index (χ4v) is 1.65. The molecule has 7 heteroatoms. The van der Waals surface area contributed by atoms with Gasteiger partial charge in [0.05, 0.1) is 0 Å². The van der Waals surface area contributed by atoms with Crippen LogP contribution in [-0.2, 0) is 5.54 Å². The summed E-state index contributed by atoms with van der Waals surface area (Å²) >= 11 is 3.21. The van der Waals surface area contributed by atoms with Crippen LogP contribution in [0.5, 0.6) is 0 Å². The molecule has 0 spiro atoms. The molecule has 2 aromatic rings. The Morgan fingerprint density at radius 3 is 2.32 bits per heavy atom. The molecule has 0 bridgehead atoms. The molecule has 0 atom stereocenters. The van der Waals surface area contributed by atoms with Crippen molar-refractivity contribution < 1.29 is 13.2 Å². The molecule has 0 saturated carbocycles. The minimum atomic E-state index is -4.37. The highest BCUT2D eigenvalue weighted by atomic mass is 79.9. The Morgan fingerprint density at radius 1 is 1.21 bits per heavy atom. The SMILES string of the molecule is CC.CC(C)(n1cc2cc(Br)cnc2n1)C(F)(F)F. The van der Waals surface area contributed by atoms with Crippen molar-refractivity contribution >= 4 is 27.0 Å². The van der Waals surface area contributed by atoms with E-state index in [0.29, 0.717) is 15.5 Å². The number of rotatable bonds is 1. The van der Waals surface area contributed by atoms with Crippen molar-refractivity contribution in [3.63, 3.8) is 0 Å². The molecule has 2 rings (SSSR count). The van der Waals surface area contributed by atoms with E-state index in [9.17, 15) is 13.2 Å². The van der Waals surface area contributed by atoms with Crippen molar-refractivity contribution in [2.24, 2.45) is 0 Å². The van der Waals surface area contributed by atoms with Crippen LogP contribution in [0.15, 0.2) is 22.9 Å². The smallest absolute Gasteiger partial charge is 0.255 e. The van der Waals surface area contributed by atoms with E-state index in [1.807, 2.05) is 13.8 Å². The average molecular weight is 338 g/mol. The van der Waals surface area contributed by atoms with Crippen LogP contribution in [-0.4, -0.2) is 20.9 Å². The number of alkyl halides is 3. The van der Waals surface area contributed by atoms with E-state index < -0.39 is 11.7 Å². The summed E-state index contributed by atoms with van der Waals surface area (Å²) in [5, 5.41) is 4.42. The largest absolute Gasteiger partial charge is 0.413 e. The van der Waals surface area contributed by atoms with Gasteiger partial charge in [-0.05, 0) is 35.8 Å². The van der Waals surface area contributed by atoms with Crippen LogP contribution < -0.4 is 0 Å². The topological polar surface area (TPSA) is 30.7 Å². The second-order valence-corrected chi connectivity index (χ2v) is 5.11. The van der Waals surface area contributed by atoms with Gasteiger partial charge in [-0.2, -0.15) is 18.3 Å². The molecule has 2 heterocycles. The number of nitrogens with zero attached hydrogens (tertiary/aromatic N) is 3. The van der Waals surface area contributed by atoms with Crippen molar-refractivity contribution in [1.82, 2.24) is 14.8 Å². The van der Waals surface area contributed by atoms with Gasteiger partial charge in [0.15, 0.2) is 11.2 Å². The highest BCUT2D eigenvalue weighted by Gasteiger charge is 2.49. The van der Waals surface area contributed by atoms with Gasteiger partial charge in [-0.3, -0.25) is 4.68 Å². The van der Waals surface area contributed by atoms with E-state index in [4.69, 9.17) is 0 Å². The van der Waals surface area contributed by atoms with Crippen LogP contribution >= 0.6 is 15.9 Å². The predicted molar refractivity (Wildman–Crippen MR) is 72.0 cm³/mol. The lowest BCUT2D eigenvalue weighted by molar-refractivity contribution is -0.205. The molecule has 0 aromatic carbocycles. The summed E-state index contributed by atoms with van der Waals surface area (Å²) in [6.45, 7) is 6.15. The summed E-state index contributed by atoms with van der Waals surface area (Å²) in [7, 11) is 0. The first kappa shape index (κ1) is 15.9. The van der Waals surface area contributed by atoms with Gasteiger partial charge in [-0.1, -0.05) is 13.8 Å². The zero-order chi connectivity index (χ0) is 14.8. The van der Waals surface area contributed by atoms with E-state index in [1.165, 1.54) is 12.4 Å². The highest BCUT2D eigenvalue weighted by molar-refractivity contribution is 9.10. The Hall–Kier alpha value is -1.11. The minimum Gasteiger partial charge on any atom is -0.255 e. The number of halogens is 4. The maximum absolute atomic E-state index is 12.8. The average Bonchev–Trinajstić information content (AvgIpc) is 2.73. The monoisotopic (exact) mass is 337 g/mol. The Labute approximate surface area is 117 Å². The molecule has 2 aromatic heterocycles. The third-order valence-electron chi connectivity index (χ3n) is 2.59. The second kappa shape index (κ2) is 5.48. The van der Waals surface area contributed by atoms with E-state index in [0.717, 1.165) is 18.5 Å². The van der Waals surface area contributed by atoms with Crippen LogP contribution in [0.4, 0.5) is 13.2 Å². The molecule has 0 aliphatic carbocycles. The van der Waals surface area contributed by atoms with Gasteiger partial charge in [0.2, 0.25) is 0 Å². The van der Waals surface area contributed by atoms with Gasteiger partial charge < -0.3 is 0 Å². The summed E-state index contributed by atoms with van der Waals surface area (Å²) in [6, 6.07) is 1.68. The lowest BCUT2D eigenvalue weighted by atomic mass is 10.1. The first-order chi connectivity index (χ1) is 8.72. The molecule has 0 unspecified atom stereocenters. The molecule has 3 nitrogen and oxygen atoms in total. The van der Waals surface area contributed by atoms with E-state index in [-0.39, 0.29) is 0 Å². The quantitative estimate of drug-likeness (QED) is 0.766. The van der Waals surface area contributed by atoms with Gasteiger partial charge in [0, 0.05) is 22.3 Å². The lowest BCUT2D eigenvalue weighted by Gasteiger charge is -2.27. The van der Waals surface area contributed by atoms with Gasteiger partial charge >= 0.3 is 6.18 Å². The van der Waals surface area contributed by atoms with Gasteiger partial charge in [0.25, 0.3) is 0 Å². The van der Waals surface area contributed by atoms with Crippen LogP contribution in [0.1, 0.15) is 27.7 Å². The Morgan fingerprint density at radius 2 is 1.79 bits per heavy atom. The molecule has 106 valence electrons. The van der Waals surface area contributed by atoms with Crippen LogP contribution in [0.3, 0.4) is 0 Å². The van der Waals surface area contributed by atoms with Crippen molar-refractivity contribution in [3.8, 4) is 0 Å². The van der Waals surface area contributed by atoms with Crippen molar-refractivity contribution in [2.45, 2.75) is 39.4 Å². The Bertz CT molecular complexity index is 561. The van der Waals surface area contributed by atoms with E-state index >= 15 is 0 Å². The Balaban J connectivity index is 0.000000861. The molecular formula is C12H15BrF3N3. The summed E-state index contributed by atoms with van der Waals surface area (Å²) in [5.74, 6) is 0. The first-order valence-electron chi connectivity index (χ1n) is 5.80. The summed E-state index contributed by atoms with van der Waals surface area (Å²) in [6.07, 6.45) is -1.52. The molecule has 0 aliphatic heterocycles. The minimum absolute atomic E-state index is 0.297. The molecule has 0 radical (unpaired) electrons. The molecule has 0 saturated heterocycles. The first-order valence-corrected chi connectivity index (χ1v) is 6.59. The standard InChI is InChI=1S/C10H9BrF3N3.C2H6/c1-9(2,10(12,13)14)17-5-6-3-7(11)4-15-8(6)16-17;1-2/h3-5H,1-2H3;1-2H3. The van der Waals surface area contributed by atoms with Crippen LogP contribution in [0.25, 0.3) is 11.0 Å². The van der Waals surface area contributed by atoms with Crippen LogP contribution in [0.2, 0.25) is 0 Å². The van der Waals surface area contributed by atoms with Gasteiger partial charge in [0.1, 0.15) is 0 Å². The maximum atomic E-state index is 12.8. The van der Waals surface area contributed by atoms with Crippen molar-refractivity contribution in [1.29, 1.82) is 0 Å². The third-order valence-corrected chi connectivity index (χ3v) is 3.03. The van der Waals surface area contributed by atoms with Gasteiger partial charge in [-0.25, -0.2) is 4.98 Å². The summed E-state index contributed by atoms with van der Waals surface area (Å²) < 4.78 is 40.1. The van der Waals surface area contributed by atoms with Crippen molar-refractivity contribution in [2.75, 3.05) is 0 Å². The lowest BCUT2D eigenvalue weighted by Crippen LogP contribution is -2.42. The molecule has 19 heavy (non-hydrogen) atoms. The summed E-state index contributed by atoms with van der Waals surface area (Å²) in [4.78, 5) is 3.95. The maximum Gasteiger partial charge on any atom is 0.413 e. The van der Waals surface area contributed by atoms with E-state index in [2.05, 4.69) is 26.0 Å². The predicted octanol–water partition coefficient (Wildman–Crippen LogP) is 4.52. The normalized spacial score (nSPS) is 12.2. The Kier molecular flexibility index (Phi) is 4.60. The highest BCUT2D eigenvalue weighted by Crippen LogP contribution is 2.36. The number of fused-ring (bicyclic) bond motifs is 1. The molecular weight excluding hydrogens is 323 g/mol. The zero-order valence-electron chi connectivity index (χ0n) is 11.1. The van der Waals surface area contributed by atoms with Crippen LogP contribution in [0, 0.1) is 0 Å². The number of hydrogen-bond acceptors (Lipinski definition) is 2. The number of aromatic nitrogens is 3. The second-order valence-electron chi connectivity index (χ2n) is 4.20. The fraction of sp³-hybridized carbons (Fsp3) is 0.500. The zero-order valence-corrected chi connectivity index (χ0v) is 12.7. The van der Waals surface area contributed by atoms with Gasteiger partial charge in [-0.15, -0.1) is 0 Å². The summed E-state index contributed by atoms with van der Waals surface area (Å²) in [5.41, 5.74) is -1.76. The third kappa shape index (κ3) is 3.08. The fourth-order valence-electron chi connectivity index (χ4n) is 1.31. The number of hydrogen-bond donors (Lipinski definition) is 0. The van der Waals surface area contributed by atoms with Crippen molar-refractivity contribution in [3.05, 3.63) is 22.9 Å². The molecule has 0 aliphatic rings. The van der Waals surface area contributed by atoms with E-state index in [1.54, 1.807) is 6.07 Å². The molecule has 0 fully saturated rings.